The lowest BCUT2D eigenvalue weighted by Gasteiger charge is -2.04. The van der Waals surface area contributed by atoms with Crippen LogP contribution in [-0.4, -0.2) is 20.9 Å². The largest absolute Gasteiger partial charge is 0.330 e. The van der Waals surface area contributed by atoms with Crippen LogP contribution in [0.25, 0.3) is 16.9 Å². The summed E-state index contributed by atoms with van der Waals surface area (Å²) in [7, 11) is 0. The van der Waals surface area contributed by atoms with Gasteiger partial charge >= 0.3 is 0 Å². The smallest absolute Gasteiger partial charge is 0.137 e. The van der Waals surface area contributed by atoms with Crippen molar-refractivity contribution >= 4 is 5.65 Å². The average Bonchev–Trinajstić information content (AvgIpc) is 2.79. The van der Waals surface area contributed by atoms with E-state index in [-0.39, 0.29) is 0 Å². The van der Waals surface area contributed by atoms with Crippen LogP contribution in [0.1, 0.15) is 11.3 Å². The van der Waals surface area contributed by atoms with Crippen molar-refractivity contribution in [1.29, 1.82) is 0 Å². The first-order valence-corrected chi connectivity index (χ1v) is 6.37. The van der Waals surface area contributed by atoms with Gasteiger partial charge in [0.1, 0.15) is 5.65 Å². The number of pyridine rings is 2. The number of aryl methyl sites for hydroxylation is 1. The number of rotatable bonds is 3. The highest BCUT2D eigenvalue weighted by atomic mass is 15.0. The quantitative estimate of drug-likeness (QED) is 0.777. The zero-order valence-electron chi connectivity index (χ0n) is 10.9. The lowest BCUT2D eigenvalue weighted by Crippen LogP contribution is -2.06. The molecule has 0 fully saturated rings. The minimum Gasteiger partial charge on any atom is -0.330 e. The highest BCUT2D eigenvalue weighted by Crippen LogP contribution is 2.24. The molecular weight excluding hydrogens is 236 g/mol. The molecule has 0 aliphatic carbocycles. The fraction of sp³-hybridized carbons (Fsp3) is 0.200. The summed E-state index contributed by atoms with van der Waals surface area (Å²) in [6.45, 7) is 2.69. The molecule has 0 bridgehead atoms. The molecule has 0 aliphatic heterocycles. The standard InChI is InChI=1S/C15H16N4/c1-11-2-3-14-18-15(12-5-8-17-9-6-12)13(4-7-16)19(14)10-11/h2-3,5-6,8-10H,4,7,16H2,1H3. The van der Waals surface area contributed by atoms with Crippen molar-refractivity contribution in [2.75, 3.05) is 6.54 Å². The van der Waals surface area contributed by atoms with Gasteiger partial charge in [-0.1, -0.05) is 6.07 Å². The highest BCUT2D eigenvalue weighted by molar-refractivity contribution is 5.66. The Bertz CT molecular complexity index is 701. The molecule has 0 aromatic carbocycles. The van der Waals surface area contributed by atoms with Gasteiger partial charge in [-0.2, -0.15) is 0 Å². The summed E-state index contributed by atoms with van der Waals surface area (Å²) in [5, 5.41) is 0. The summed E-state index contributed by atoms with van der Waals surface area (Å²) >= 11 is 0. The zero-order chi connectivity index (χ0) is 13.2. The molecule has 0 unspecified atom stereocenters. The zero-order valence-corrected chi connectivity index (χ0v) is 10.9. The van der Waals surface area contributed by atoms with Crippen LogP contribution in [0.4, 0.5) is 0 Å². The van der Waals surface area contributed by atoms with E-state index in [1.807, 2.05) is 18.2 Å². The Morgan fingerprint density at radius 3 is 2.68 bits per heavy atom. The molecule has 2 N–H and O–H groups in total. The van der Waals surface area contributed by atoms with E-state index in [1.54, 1.807) is 12.4 Å². The summed E-state index contributed by atoms with van der Waals surface area (Å²) in [6.07, 6.45) is 6.49. The molecule has 0 radical (unpaired) electrons. The van der Waals surface area contributed by atoms with Gasteiger partial charge in [-0.15, -0.1) is 0 Å². The van der Waals surface area contributed by atoms with E-state index in [0.717, 1.165) is 29.0 Å². The molecule has 0 amide bonds. The van der Waals surface area contributed by atoms with Gasteiger partial charge in [0, 0.05) is 30.6 Å². The fourth-order valence-electron chi connectivity index (χ4n) is 2.32. The van der Waals surface area contributed by atoms with Crippen molar-refractivity contribution < 1.29 is 0 Å². The molecule has 3 heterocycles. The van der Waals surface area contributed by atoms with Crippen LogP contribution in [0.3, 0.4) is 0 Å². The van der Waals surface area contributed by atoms with Crippen molar-refractivity contribution in [1.82, 2.24) is 14.4 Å². The molecule has 0 spiro atoms. The van der Waals surface area contributed by atoms with Gasteiger partial charge in [0.05, 0.1) is 11.4 Å². The first-order valence-electron chi connectivity index (χ1n) is 6.37. The van der Waals surface area contributed by atoms with Crippen LogP contribution >= 0.6 is 0 Å². The van der Waals surface area contributed by atoms with E-state index in [2.05, 4.69) is 28.6 Å². The van der Waals surface area contributed by atoms with E-state index < -0.39 is 0 Å². The number of nitrogens with zero attached hydrogens (tertiary/aromatic N) is 3. The monoisotopic (exact) mass is 252 g/mol. The second-order valence-corrected chi connectivity index (χ2v) is 4.62. The third-order valence-electron chi connectivity index (χ3n) is 3.20. The number of hydrogen-bond acceptors (Lipinski definition) is 3. The van der Waals surface area contributed by atoms with Crippen LogP contribution in [0, 0.1) is 6.92 Å². The Balaban J connectivity index is 2.26. The van der Waals surface area contributed by atoms with Gasteiger partial charge in [0.15, 0.2) is 0 Å². The number of fused-ring (bicyclic) bond motifs is 1. The average molecular weight is 252 g/mol. The summed E-state index contributed by atoms with van der Waals surface area (Å²) in [6, 6.07) is 8.08. The van der Waals surface area contributed by atoms with Gasteiger partial charge in [0.2, 0.25) is 0 Å². The predicted molar refractivity (Wildman–Crippen MR) is 75.9 cm³/mol. The van der Waals surface area contributed by atoms with E-state index in [9.17, 15) is 0 Å². The normalized spacial score (nSPS) is 11.1. The number of nitrogens with two attached hydrogens (primary N) is 1. The van der Waals surface area contributed by atoms with Crippen LogP contribution in [-0.2, 0) is 6.42 Å². The first-order chi connectivity index (χ1) is 9.29. The van der Waals surface area contributed by atoms with Gasteiger partial charge in [0.25, 0.3) is 0 Å². The lowest BCUT2D eigenvalue weighted by molar-refractivity contribution is 0.904. The number of imidazole rings is 1. The predicted octanol–water partition coefficient (Wildman–Crippen LogP) is 2.21. The Kier molecular flexibility index (Phi) is 3.01. The third kappa shape index (κ3) is 2.11. The second-order valence-electron chi connectivity index (χ2n) is 4.62. The summed E-state index contributed by atoms with van der Waals surface area (Å²) in [5.41, 5.74) is 11.2. The Hall–Kier alpha value is -2.20. The Labute approximate surface area is 111 Å². The van der Waals surface area contributed by atoms with Crippen LogP contribution < -0.4 is 5.73 Å². The third-order valence-corrected chi connectivity index (χ3v) is 3.20. The molecule has 4 nitrogen and oxygen atoms in total. The molecule has 0 aliphatic rings. The molecule has 0 saturated carbocycles. The maximum Gasteiger partial charge on any atom is 0.137 e. The van der Waals surface area contributed by atoms with Crippen LogP contribution in [0.2, 0.25) is 0 Å². The molecule has 96 valence electrons. The first kappa shape index (κ1) is 11.9. The molecular formula is C15H16N4. The minimum atomic E-state index is 0.611. The molecule has 0 atom stereocenters. The highest BCUT2D eigenvalue weighted by Gasteiger charge is 2.13. The van der Waals surface area contributed by atoms with Crippen LogP contribution in [0.5, 0.6) is 0 Å². The van der Waals surface area contributed by atoms with Crippen molar-refractivity contribution in [3.05, 3.63) is 54.1 Å². The lowest BCUT2D eigenvalue weighted by atomic mass is 10.1. The number of aromatic nitrogens is 3. The SMILES string of the molecule is Cc1ccc2nc(-c3ccncc3)c(CCN)n2c1. The van der Waals surface area contributed by atoms with E-state index in [1.165, 1.54) is 5.56 Å². The topological polar surface area (TPSA) is 56.2 Å². The van der Waals surface area contributed by atoms with Gasteiger partial charge in [-0.25, -0.2) is 4.98 Å². The van der Waals surface area contributed by atoms with E-state index in [0.29, 0.717) is 6.54 Å². The Morgan fingerprint density at radius 2 is 1.95 bits per heavy atom. The van der Waals surface area contributed by atoms with Crippen LogP contribution in [0.15, 0.2) is 42.9 Å². The van der Waals surface area contributed by atoms with Gasteiger partial charge < -0.3 is 10.1 Å². The summed E-state index contributed by atoms with van der Waals surface area (Å²) in [5.74, 6) is 0. The van der Waals surface area contributed by atoms with E-state index in [4.69, 9.17) is 10.7 Å². The molecule has 3 aromatic heterocycles. The molecule has 3 aromatic rings. The Morgan fingerprint density at radius 1 is 1.16 bits per heavy atom. The van der Waals surface area contributed by atoms with Crippen molar-refractivity contribution in [3.63, 3.8) is 0 Å². The fourth-order valence-corrected chi connectivity index (χ4v) is 2.32. The maximum atomic E-state index is 5.74. The van der Waals surface area contributed by atoms with E-state index >= 15 is 0 Å². The second kappa shape index (κ2) is 4.82. The number of hydrogen-bond donors (Lipinski definition) is 1. The van der Waals surface area contributed by atoms with Crippen molar-refractivity contribution in [3.8, 4) is 11.3 Å². The summed E-state index contributed by atoms with van der Waals surface area (Å²) < 4.78 is 2.14. The molecule has 3 rings (SSSR count). The van der Waals surface area contributed by atoms with Gasteiger partial charge in [-0.05, 0) is 37.2 Å². The maximum absolute atomic E-state index is 5.74. The van der Waals surface area contributed by atoms with Crippen molar-refractivity contribution in [2.24, 2.45) is 5.73 Å². The minimum absolute atomic E-state index is 0.611. The van der Waals surface area contributed by atoms with Crippen molar-refractivity contribution in [2.45, 2.75) is 13.3 Å². The van der Waals surface area contributed by atoms with Gasteiger partial charge in [-0.3, -0.25) is 4.98 Å². The molecule has 19 heavy (non-hydrogen) atoms. The molecule has 4 heteroatoms. The molecule has 0 saturated heterocycles. The summed E-state index contributed by atoms with van der Waals surface area (Å²) in [4.78, 5) is 8.78.